The predicted molar refractivity (Wildman–Crippen MR) is 37.9 cm³/mol. The van der Waals surface area contributed by atoms with Crippen molar-refractivity contribution in [1.82, 2.24) is 10.2 Å². The van der Waals surface area contributed by atoms with E-state index in [4.69, 9.17) is 9.47 Å². The molecule has 1 atom stereocenters. The Morgan fingerprint density at radius 2 is 2.45 bits per heavy atom. The molecule has 1 aliphatic heterocycles. The van der Waals surface area contributed by atoms with E-state index in [1.165, 1.54) is 4.90 Å². The molecule has 2 amide bonds. The maximum absolute atomic E-state index is 11.0. The van der Waals surface area contributed by atoms with Crippen LogP contribution in [0.1, 0.15) is 0 Å². The lowest BCUT2D eigenvalue weighted by molar-refractivity contribution is -0.0302. The van der Waals surface area contributed by atoms with Gasteiger partial charge in [0.1, 0.15) is 6.73 Å². The van der Waals surface area contributed by atoms with Crippen LogP contribution in [-0.2, 0) is 9.47 Å². The van der Waals surface area contributed by atoms with Gasteiger partial charge in [0, 0.05) is 14.2 Å². The SMILES string of the molecule is COCN1C(=O)NCC1OC. The van der Waals surface area contributed by atoms with Gasteiger partial charge in [0.15, 0.2) is 6.23 Å². The fraction of sp³-hybridized carbons (Fsp3) is 0.833. The molecule has 0 radical (unpaired) electrons. The van der Waals surface area contributed by atoms with Crippen LogP contribution in [0.5, 0.6) is 0 Å². The summed E-state index contributed by atoms with van der Waals surface area (Å²) in [6.45, 7) is 0.795. The van der Waals surface area contributed by atoms with Gasteiger partial charge in [0.05, 0.1) is 6.54 Å². The number of urea groups is 1. The highest BCUT2D eigenvalue weighted by Crippen LogP contribution is 2.06. The Labute approximate surface area is 65.3 Å². The summed E-state index contributed by atoms with van der Waals surface area (Å²) in [7, 11) is 3.10. The highest BCUT2D eigenvalue weighted by Gasteiger charge is 2.29. The van der Waals surface area contributed by atoms with Gasteiger partial charge in [-0.25, -0.2) is 4.79 Å². The number of methoxy groups -OCH3 is 2. The number of rotatable bonds is 3. The van der Waals surface area contributed by atoms with Crippen molar-refractivity contribution >= 4 is 6.03 Å². The van der Waals surface area contributed by atoms with Crippen LogP contribution in [0.4, 0.5) is 4.79 Å². The summed E-state index contributed by atoms with van der Waals surface area (Å²) in [5, 5.41) is 2.64. The molecule has 1 fully saturated rings. The standard InChI is InChI=1S/C6H12N2O3/c1-10-4-8-5(11-2)3-7-6(8)9/h5H,3-4H2,1-2H3,(H,7,9). The van der Waals surface area contributed by atoms with Gasteiger partial charge in [-0.15, -0.1) is 0 Å². The van der Waals surface area contributed by atoms with Crippen LogP contribution in [0.15, 0.2) is 0 Å². The first-order valence-electron chi connectivity index (χ1n) is 3.35. The van der Waals surface area contributed by atoms with Gasteiger partial charge in [-0.3, -0.25) is 4.90 Å². The maximum Gasteiger partial charge on any atom is 0.321 e. The first kappa shape index (κ1) is 8.29. The molecule has 0 saturated carbocycles. The summed E-state index contributed by atoms with van der Waals surface area (Å²) < 4.78 is 9.82. The third-order valence-electron chi connectivity index (χ3n) is 1.58. The van der Waals surface area contributed by atoms with E-state index in [2.05, 4.69) is 5.32 Å². The predicted octanol–water partition coefficient (Wildman–Crippen LogP) is -0.412. The summed E-state index contributed by atoms with van der Waals surface area (Å²) in [5.41, 5.74) is 0. The smallest absolute Gasteiger partial charge is 0.321 e. The normalized spacial score (nSPS) is 24.0. The van der Waals surface area contributed by atoms with Gasteiger partial charge >= 0.3 is 6.03 Å². The zero-order valence-corrected chi connectivity index (χ0v) is 6.66. The minimum Gasteiger partial charge on any atom is -0.364 e. The minimum atomic E-state index is -0.192. The van der Waals surface area contributed by atoms with E-state index in [-0.39, 0.29) is 19.0 Å². The summed E-state index contributed by atoms with van der Waals surface area (Å²) in [5.74, 6) is 0. The van der Waals surface area contributed by atoms with Gasteiger partial charge < -0.3 is 14.8 Å². The molecule has 1 aliphatic rings. The van der Waals surface area contributed by atoms with Crippen molar-refractivity contribution < 1.29 is 14.3 Å². The molecule has 0 aromatic carbocycles. The largest absolute Gasteiger partial charge is 0.364 e. The van der Waals surface area contributed by atoms with Crippen molar-refractivity contribution in [3.8, 4) is 0 Å². The molecule has 0 aromatic heterocycles. The summed E-state index contributed by atoms with van der Waals surface area (Å²) in [4.78, 5) is 12.5. The second-order valence-corrected chi connectivity index (χ2v) is 2.26. The fourth-order valence-corrected chi connectivity index (χ4v) is 1.01. The van der Waals surface area contributed by atoms with Gasteiger partial charge in [0.2, 0.25) is 0 Å². The molecule has 5 heteroatoms. The summed E-state index contributed by atoms with van der Waals surface area (Å²) >= 11 is 0. The van der Waals surface area contributed by atoms with E-state index >= 15 is 0 Å². The molecule has 0 bridgehead atoms. The quantitative estimate of drug-likeness (QED) is 0.610. The Morgan fingerprint density at radius 3 is 3.00 bits per heavy atom. The van der Waals surface area contributed by atoms with Crippen molar-refractivity contribution in [3.05, 3.63) is 0 Å². The van der Waals surface area contributed by atoms with Crippen LogP contribution in [-0.4, -0.2) is 44.7 Å². The third kappa shape index (κ3) is 1.61. The van der Waals surface area contributed by atoms with E-state index in [0.717, 1.165) is 0 Å². The monoisotopic (exact) mass is 160 g/mol. The van der Waals surface area contributed by atoms with Crippen molar-refractivity contribution in [2.24, 2.45) is 0 Å². The molecule has 64 valence electrons. The highest BCUT2D eigenvalue weighted by atomic mass is 16.5. The van der Waals surface area contributed by atoms with E-state index in [0.29, 0.717) is 6.54 Å². The number of amides is 2. The lowest BCUT2D eigenvalue weighted by Crippen LogP contribution is -2.36. The van der Waals surface area contributed by atoms with Gasteiger partial charge in [0.25, 0.3) is 0 Å². The van der Waals surface area contributed by atoms with Gasteiger partial charge in [-0.1, -0.05) is 0 Å². The number of carbonyl (C=O) groups excluding carboxylic acids is 1. The van der Waals surface area contributed by atoms with Crippen molar-refractivity contribution in [2.75, 3.05) is 27.5 Å². The van der Waals surface area contributed by atoms with Crippen LogP contribution >= 0.6 is 0 Å². The topological polar surface area (TPSA) is 50.8 Å². The molecular weight excluding hydrogens is 148 g/mol. The highest BCUT2D eigenvalue weighted by molar-refractivity contribution is 5.76. The zero-order chi connectivity index (χ0) is 8.27. The molecule has 0 aliphatic carbocycles. The fourth-order valence-electron chi connectivity index (χ4n) is 1.01. The lowest BCUT2D eigenvalue weighted by Gasteiger charge is -2.19. The van der Waals surface area contributed by atoms with Crippen LogP contribution in [0.25, 0.3) is 0 Å². The van der Waals surface area contributed by atoms with E-state index in [1.807, 2.05) is 0 Å². The minimum absolute atomic E-state index is 0.140. The Kier molecular flexibility index (Phi) is 2.67. The molecule has 1 rings (SSSR count). The molecule has 1 unspecified atom stereocenters. The van der Waals surface area contributed by atoms with Crippen molar-refractivity contribution in [2.45, 2.75) is 6.23 Å². The Hall–Kier alpha value is -0.810. The maximum atomic E-state index is 11.0. The summed E-state index contributed by atoms with van der Waals surface area (Å²) in [6.07, 6.45) is -0.192. The van der Waals surface area contributed by atoms with Crippen molar-refractivity contribution in [1.29, 1.82) is 0 Å². The van der Waals surface area contributed by atoms with E-state index in [9.17, 15) is 4.79 Å². The van der Waals surface area contributed by atoms with Gasteiger partial charge in [-0.2, -0.15) is 0 Å². The van der Waals surface area contributed by atoms with Crippen LogP contribution in [0.2, 0.25) is 0 Å². The third-order valence-corrected chi connectivity index (χ3v) is 1.58. The Bertz CT molecular complexity index is 151. The summed E-state index contributed by atoms with van der Waals surface area (Å²) in [6, 6.07) is -0.140. The molecular formula is C6H12N2O3. The van der Waals surface area contributed by atoms with E-state index < -0.39 is 0 Å². The average molecular weight is 160 g/mol. The first-order chi connectivity index (χ1) is 5.29. The Morgan fingerprint density at radius 1 is 1.73 bits per heavy atom. The second-order valence-electron chi connectivity index (χ2n) is 2.26. The average Bonchev–Trinajstić information content (AvgIpc) is 2.34. The number of carbonyl (C=O) groups is 1. The zero-order valence-electron chi connectivity index (χ0n) is 6.66. The van der Waals surface area contributed by atoms with Gasteiger partial charge in [-0.05, 0) is 0 Å². The molecule has 0 aromatic rings. The first-order valence-corrected chi connectivity index (χ1v) is 3.35. The van der Waals surface area contributed by atoms with Crippen molar-refractivity contribution in [3.63, 3.8) is 0 Å². The number of nitrogens with zero attached hydrogens (tertiary/aromatic N) is 1. The van der Waals surface area contributed by atoms with Crippen LogP contribution in [0, 0.1) is 0 Å². The number of hydrogen-bond donors (Lipinski definition) is 1. The van der Waals surface area contributed by atoms with E-state index in [1.54, 1.807) is 14.2 Å². The second kappa shape index (κ2) is 3.54. The number of hydrogen-bond acceptors (Lipinski definition) is 3. The number of nitrogens with one attached hydrogen (secondary N) is 1. The molecule has 11 heavy (non-hydrogen) atoms. The van der Waals surface area contributed by atoms with Crippen LogP contribution in [0.3, 0.4) is 0 Å². The van der Waals surface area contributed by atoms with Crippen LogP contribution < -0.4 is 5.32 Å². The molecule has 5 nitrogen and oxygen atoms in total. The molecule has 1 saturated heterocycles. The molecule has 0 spiro atoms. The molecule has 1 heterocycles. The lowest BCUT2D eigenvalue weighted by atomic mass is 10.5. The molecule has 1 N–H and O–H groups in total. The number of ether oxygens (including phenoxy) is 2. The Balaban J connectivity index is 2.49.